The molecule has 0 fully saturated rings. The van der Waals surface area contributed by atoms with Crippen molar-refractivity contribution >= 4 is 46.4 Å². The van der Waals surface area contributed by atoms with Gasteiger partial charge in [-0.05, 0) is 24.3 Å². The molecule has 1 amide bonds. The highest BCUT2D eigenvalue weighted by atomic mass is 35.5. The van der Waals surface area contributed by atoms with Gasteiger partial charge in [0.2, 0.25) is 0 Å². The summed E-state index contributed by atoms with van der Waals surface area (Å²) in [5.74, 6) is -0.468. The van der Waals surface area contributed by atoms with E-state index in [9.17, 15) is 4.79 Å². The molecule has 0 atom stereocenters. The van der Waals surface area contributed by atoms with Gasteiger partial charge in [0, 0.05) is 11.9 Å². The van der Waals surface area contributed by atoms with Crippen molar-refractivity contribution in [2.75, 3.05) is 5.32 Å². The number of pyridine rings is 2. The molecule has 2 aromatic heterocycles. The fourth-order valence-electron chi connectivity index (χ4n) is 1.25. The fourth-order valence-corrected chi connectivity index (χ4v) is 1.76. The highest BCUT2D eigenvalue weighted by Crippen LogP contribution is 2.19. The van der Waals surface area contributed by atoms with Gasteiger partial charge in [0.25, 0.3) is 5.91 Å². The van der Waals surface area contributed by atoms with Gasteiger partial charge in [-0.15, -0.1) is 0 Å². The highest BCUT2D eigenvalue weighted by molar-refractivity contribution is 6.35. The Hall–Kier alpha value is -1.36. The number of carbonyl (C=O) groups excluding carboxylic acids is 1. The van der Waals surface area contributed by atoms with Gasteiger partial charge in [-0.3, -0.25) is 4.79 Å². The Kier molecular flexibility index (Phi) is 4.01. The average molecular weight is 303 g/mol. The molecule has 2 rings (SSSR count). The Bertz CT molecular complexity index is 604. The molecule has 92 valence electrons. The number of aromatic nitrogens is 2. The van der Waals surface area contributed by atoms with Crippen molar-refractivity contribution in [3.8, 4) is 0 Å². The molecule has 0 radical (unpaired) electrons. The molecule has 1 N–H and O–H groups in total. The molecule has 0 saturated heterocycles. The molecular weight excluding hydrogens is 296 g/mol. The third kappa shape index (κ3) is 3.10. The molecule has 0 spiro atoms. The minimum Gasteiger partial charge on any atom is -0.320 e. The first-order valence-corrected chi connectivity index (χ1v) is 5.94. The minimum absolute atomic E-state index is 0.0529. The summed E-state index contributed by atoms with van der Waals surface area (Å²) >= 11 is 17.3. The SMILES string of the molecule is O=C(Nc1ccnc(Cl)c1)c1nc(Cl)ccc1Cl. The maximum atomic E-state index is 11.9. The summed E-state index contributed by atoms with van der Waals surface area (Å²) in [4.78, 5) is 19.6. The molecule has 2 aromatic rings. The molecule has 0 aliphatic carbocycles. The van der Waals surface area contributed by atoms with E-state index < -0.39 is 5.91 Å². The van der Waals surface area contributed by atoms with Gasteiger partial charge in [0.15, 0.2) is 0 Å². The first-order chi connectivity index (χ1) is 8.56. The molecule has 4 nitrogen and oxygen atoms in total. The zero-order chi connectivity index (χ0) is 13.1. The van der Waals surface area contributed by atoms with E-state index >= 15 is 0 Å². The summed E-state index contributed by atoms with van der Waals surface area (Å²) in [5, 5.41) is 3.29. The second-order valence-corrected chi connectivity index (χ2v) is 4.47. The van der Waals surface area contributed by atoms with Gasteiger partial charge in [-0.25, -0.2) is 9.97 Å². The van der Waals surface area contributed by atoms with Crippen LogP contribution in [0.3, 0.4) is 0 Å². The Morgan fingerprint density at radius 2 is 1.89 bits per heavy atom. The predicted octanol–water partition coefficient (Wildman–Crippen LogP) is 3.69. The maximum Gasteiger partial charge on any atom is 0.275 e. The molecule has 0 aromatic carbocycles. The lowest BCUT2D eigenvalue weighted by molar-refractivity contribution is 0.102. The number of nitrogens with zero attached hydrogens (tertiary/aromatic N) is 2. The number of hydrogen-bond donors (Lipinski definition) is 1. The zero-order valence-electron chi connectivity index (χ0n) is 8.82. The van der Waals surface area contributed by atoms with Crippen LogP contribution < -0.4 is 5.32 Å². The van der Waals surface area contributed by atoms with Gasteiger partial charge in [-0.1, -0.05) is 34.8 Å². The van der Waals surface area contributed by atoms with Crippen LogP contribution in [0.2, 0.25) is 15.3 Å². The number of nitrogens with one attached hydrogen (secondary N) is 1. The van der Waals surface area contributed by atoms with Crippen LogP contribution in [0.25, 0.3) is 0 Å². The monoisotopic (exact) mass is 301 g/mol. The third-order valence-electron chi connectivity index (χ3n) is 2.01. The van der Waals surface area contributed by atoms with Crippen molar-refractivity contribution in [1.29, 1.82) is 0 Å². The fraction of sp³-hybridized carbons (Fsp3) is 0. The lowest BCUT2D eigenvalue weighted by Crippen LogP contribution is -2.14. The average Bonchev–Trinajstić information content (AvgIpc) is 2.32. The standard InChI is InChI=1S/C11H6Cl3N3O/c12-7-1-2-8(13)17-10(7)11(18)16-6-3-4-15-9(14)5-6/h1-5H,(H,15,16,18). The number of amides is 1. The van der Waals surface area contributed by atoms with E-state index in [1.807, 2.05) is 0 Å². The van der Waals surface area contributed by atoms with Crippen LogP contribution in [0.1, 0.15) is 10.5 Å². The summed E-state index contributed by atoms with van der Waals surface area (Å²) in [7, 11) is 0. The Morgan fingerprint density at radius 1 is 1.11 bits per heavy atom. The van der Waals surface area contributed by atoms with Crippen LogP contribution in [0.15, 0.2) is 30.5 Å². The lowest BCUT2D eigenvalue weighted by Gasteiger charge is -2.06. The van der Waals surface area contributed by atoms with Crippen molar-refractivity contribution in [1.82, 2.24) is 9.97 Å². The van der Waals surface area contributed by atoms with Crippen LogP contribution in [0.4, 0.5) is 5.69 Å². The van der Waals surface area contributed by atoms with E-state index in [0.717, 1.165) is 0 Å². The Balaban J connectivity index is 2.24. The third-order valence-corrected chi connectivity index (χ3v) is 2.73. The Labute approximate surface area is 118 Å². The van der Waals surface area contributed by atoms with Gasteiger partial charge in [0.1, 0.15) is 16.0 Å². The summed E-state index contributed by atoms with van der Waals surface area (Å²) in [5.41, 5.74) is 0.551. The highest BCUT2D eigenvalue weighted by Gasteiger charge is 2.13. The van der Waals surface area contributed by atoms with E-state index in [4.69, 9.17) is 34.8 Å². The van der Waals surface area contributed by atoms with E-state index in [1.54, 1.807) is 6.07 Å². The maximum absolute atomic E-state index is 11.9. The number of halogens is 3. The van der Waals surface area contributed by atoms with Crippen LogP contribution in [0, 0.1) is 0 Å². The minimum atomic E-state index is -0.468. The molecule has 7 heteroatoms. The molecule has 0 saturated carbocycles. The lowest BCUT2D eigenvalue weighted by atomic mass is 10.3. The van der Waals surface area contributed by atoms with Gasteiger partial charge < -0.3 is 5.32 Å². The smallest absolute Gasteiger partial charge is 0.275 e. The summed E-state index contributed by atoms with van der Waals surface area (Å²) < 4.78 is 0. The van der Waals surface area contributed by atoms with E-state index in [2.05, 4.69) is 15.3 Å². The molecule has 0 bridgehead atoms. The largest absolute Gasteiger partial charge is 0.320 e. The Morgan fingerprint density at radius 3 is 2.61 bits per heavy atom. The van der Waals surface area contributed by atoms with Crippen LogP contribution in [-0.2, 0) is 0 Å². The molecule has 2 heterocycles. The summed E-state index contributed by atoms with van der Waals surface area (Å²) in [6.07, 6.45) is 1.48. The number of carbonyl (C=O) groups is 1. The van der Waals surface area contributed by atoms with Crippen LogP contribution in [0.5, 0.6) is 0 Å². The first kappa shape index (κ1) is 13.1. The van der Waals surface area contributed by atoms with Crippen LogP contribution in [-0.4, -0.2) is 15.9 Å². The van der Waals surface area contributed by atoms with Crippen molar-refractivity contribution in [2.24, 2.45) is 0 Å². The van der Waals surface area contributed by atoms with Crippen LogP contribution >= 0.6 is 34.8 Å². The summed E-state index contributed by atoms with van der Waals surface area (Å²) in [6.45, 7) is 0. The van der Waals surface area contributed by atoms with E-state index in [0.29, 0.717) is 5.69 Å². The van der Waals surface area contributed by atoms with Crippen molar-refractivity contribution in [2.45, 2.75) is 0 Å². The molecular formula is C11H6Cl3N3O. The second kappa shape index (κ2) is 5.52. The van der Waals surface area contributed by atoms with Crippen molar-refractivity contribution in [3.63, 3.8) is 0 Å². The molecule has 0 unspecified atom stereocenters. The molecule has 0 aliphatic heterocycles. The normalized spacial score (nSPS) is 10.2. The number of rotatable bonds is 2. The zero-order valence-corrected chi connectivity index (χ0v) is 11.1. The van der Waals surface area contributed by atoms with Gasteiger partial charge in [0.05, 0.1) is 5.02 Å². The predicted molar refractivity (Wildman–Crippen MR) is 71.5 cm³/mol. The molecule has 0 aliphatic rings. The quantitative estimate of drug-likeness (QED) is 0.861. The molecule has 18 heavy (non-hydrogen) atoms. The van der Waals surface area contributed by atoms with Gasteiger partial charge >= 0.3 is 0 Å². The van der Waals surface area contributed by atoms with Crippen molar-refractivity contribution in [3.05, 3.63) is 51.5 Å². The topological polar surface area (TPSA) is 54.9 Å². The van der Waals surface area contributed by atoms with Gasteiger partial charge in [-0.2, -0.15) is 0 Å². The van der Waals surface area contributed by atoms with E-state index in [1.165, 1.54) is 24.4 Å². The van der Waals surface area contributed by atoms with E-state index in [-0.39, 0.29) is 21.0 Å². The second-order valence-electron chi connectivity index (χ2n) is 3.29. The number of anilines is 1. The number of hydrogen-bond acceptors (Lipinski definition) is 3. The summed E-state index contributed by atoms with van der Waals surface area (Å²) in [6, 6.07) is 6.12. The van der Waals surface area contributed by atoms with Crippen molar-refractivity contribution < 1.29 is 4.79 Å². The first-order valence-electron chi connectivity index (χ1n) is 4.81.